The highest BCUT2D eigenvalue weighted by Crippen LogP contribution is 2.12. The minimum atomic E-state index is -1.50. The third-order valence-electron chi connectivity index (χ3n) is 1.91. The minimum Gasteiger partial charge on any atom is -0.550 e. The molecule has 0 amide bonds. The molecule has 0 spiro atoms. The van der Waals surface area contributed by atoms with Crippen LogP contribution in [0.1, 0.15) is 6.42 Å². The normalized spacial score (nSPS) is 11.8. The topological polar surface area (TPSA) is 118 Å². The van der Waals surface area contributed by atoms with Crippen LogP contribution in [-0.2, 0) is 9.59 Å². The van der Waals surface area contributed by atoms with Gasteiger partial charge >= 0.3 is 0 Å². The van der Waals surface area contributed by atoms with Crippen molar-refractivity contribution in [2.75, 3.05) is 11.1 Å². The van der Waals surface area contributed by atoms with Crippen LogP contribution in [0.15, 0.2) is 24.3 Å². The van der Waals surface area contributed by atoms with Crippen molar-refractivity contribution in [2.45, 2.75) is 12.5 Å². The molecule has 16 heavy (non-hydrogen) atoms. The van der Waals surface area contributed by atoms with E-state index in [1.807, 2.05) is 0 Å². The van der Waals surface area contributed by atoms with E-state index in [9.17, 15) is 19.8 Å². The highest BCUT2D eigenvalue weighted by Gasteiger charge is 2.09. The Morgan fingerprint density at radius 2 is 1.81 bits per heavy atom. The van der Waals surface area contributed by atoms with Gasteiger partial charge in [0, 0.05) is 23.8 Å². The number of nitrogens with one attached hydrogen (secondary N) is 1. The average molecular weight is 222 g/mol. The second-order valence-electron chi connectivity index (χ2n) is 3.21. The van der Waals surface area contributed by atoms with Gasteiger partial charge in [-0.1, -0.05) is 0 Å². The van der Waals surface area contributed by atoms with Crippen molar-refractivity contribution in [3.8, 4) is 0 Å². The number of aliphatic carboxylic acids is 2. The first-order valence-electron chi connectivity index (χ1n) is 4.52. The molecule has 0 aliphatic heterocycles. The second kappa shape index (κ2) is 5.01. The van der Waals surface area contributed by atoms with Gasteiger partial charge in [0.1, 0.15) is 0 Å². The average Bonchev–Trinajstić information content (AvgIpc) is 2.19. The van der Waals surface area contributed by atoms with E-state index in [0.717, 1.165) is 0 Å². The molecule has 1 aromatic rings. The summed E-state index contributed by atoms with van der Waals surface area (Å²) in [6.45, 7) is 0. The Labute approximate surface area is 91.7 Å². The summed E-state index contributed by atoms with van der Waals surface area (Å²) in [5.74, 6) is -2.96. The molecule has 1 aromatic carbocycles. The Bertz CT molecular complexity index is 388. The summed E-state index contributed by atoms with van der Waals surface area (Å²) in [6, 6.07) is 4.89. The molecule has 0 radical (unpaired) electrons. The van der Waals surface area contributed by atoms with Crippen molar-refractivity contribution < 1.29 is 19.8 Å². The fourth-order valence-electron chi connectivity index (χ4n) is 1.14. The monoisotopic (exact) mass is 222 g/mol. The maximum atomic E-state index is 10.6. The number of carboxylic acid groups (broad SMARTS) is 2. The summed E-state index contributed by atoms with van der Waals surface area (Å²) in [5, 5.41) is 23.4. The van der Waals surface area contributed by atoms with Crippen molar-refractivity contribution in [3.63, 3.8) is 0 Å². The van der Waals surface area contributed by atoms with E-state index in [1.54, 1.807) is 24.3 Å². The van der Waals surface area contributed by atoms with Crippen molar-refractivity contribution in [2.24, 2.45) is 0 Å². The Kier molecular flexibility index (Phi) is 3.71. The molecule has 0 heterocycles. The summed E-state index contributed by atoms with van der Waals surface area (Å²) in [7, 11) is 0. The van der Waals surface area contributed by atoms with Crippen LogP contribution in [0.2, 0.25) is 0 Å². The SMILES string of the molecule is Nc1ccc(NC(CC(=O)[O-])C(=O)[O-])cc1. The highest BCUT2D eigenvalue weighted by molar-refractivity contribution is 5.81. The van der Waals surface area contributed by atoms with Crippen molar-refractivity contribution in [3.05, 3.63) is 24.3 Å². The van der Waals surface area contributed by atoms with Gasteiger partial charge in [-0.25, -0.2) is 0 Å². The molecular formula is C10H10N2O4-2. The summed E-state index contributed by atoms with van der Waals surface area (Å²) in [5.41, 5.74) is 6.41. The Balaban J connectivity index is 2.71. The molecule has 1 rings (SSSR count). The zero-order valence-corrected chi connectivity index (χ0v) is 8.30. The number of benzene rings is 1. The number of nitrogens with two attached hydrogens (primary N) is 1. The van der Waals surface area contributed by atoms with E-state index >= 15 is 0 Å². The smallest absolute Gasteiger partial charge is 0.0710 e. The Hall–Kier alpha value is -2.24. The fourth-order valence-corrected chi connectivity index (χ4v) is 1.14. The number of hydrogen-bond acceptors (Lipinski definition) is 6. The third kappa shape index (κ3) is 3.49. The van der Waals surface area contributed by atoms with E-state index in [2.05, 4.69) is 5.32 Å². The molecule has 86 valence electrons. The van der Waals surface area contributed by atoms with Gasteiger partial charge in [0.15, 0.2) is 0 Å². The maximum absolute atomic E-state index is 10.6. The molecule has 0 fully saturated rings. The van der Waals surface area contributed by atoms with Crippen molar-refractivity contribution in [1.29, 1.82) is 0 Å². The first kappa shape index (κ1) is 11.8. The molecular weight excluding hydrogens is 212 g/mol. The quantitative estimate of drug-likeness (QED) is 0.553. The lowest BCUT2D eigenvalue weighted by atomic mass is 10.2. The molecule has 1 atom stereocenters. The summed E-state index contributed by atoms with van der Waals surface area (Å²) >= 11 is 0. The minimum absolute atomic E-state index is 0.449. The van der Waals surface area contributed by atoms with E-state index < -0.39 is 24.4 Å². The number of rotatable bonds is 5. The predicted octanol–water partition coefficient (Wildman–Crippen LogP) is -2.06. The molecule has 0 aliphatic rings. The fraction of sp³-hybridized carbons (Fsp3) is 0.200. The Morgan fingerprint density at radius 1 is 1.25 bits per heavy atom. The predicted molar refractivity (Wildman–Crippen MR) is 52.9 cm³/mol. The lowest BCUT2D eigenvalue weighted by molar-refractivity contribution is -0.316. The van der Waals surface area contributed by atoms with Crippen LogP contribution in [0.3, 0.4) is 0 Å². The molecule has 0 aliphatic carbocycles. The molecule has 0 aromatic heterocycles. The molecule has 0 saturated carbocycles. The van der Waals surface area contributed by atoms with E-state index in [0.29, 0.717) is 11.4 Å². The van der Waals surface area contributed by atoms with Crippen LogP contribution in [0, 0.1) is 0 Å². The van der Waals surface area contributed by atoms with Gasteiger partial charge in [0.05, 0.1) is 12.0 Å². The molecule has 1 unspecified atom stereocenters. The second-order valence-corrected chi connectivity index (χ2v) is 3.21. The lowest BCUT2D eigenvalue weighted by Crippen LogP contribution is -2.44. The van der Waals surface area contributed by atoms with E-state index in [4.69, 9.17) is 5.73 Å². The number of carbonyl (C=O) groups is 2. The molecule has 3 N–H and O–H groups in total. The van der Waals surface area contributed by atoms with Gasteiger partial charge in [-0.2, -0.15) is 0 Å². The van der Waals surface area contributed by atoms with Crippen molar-refractivity contribution in [1.82, 2.24) is 0 Å². The van der Waals surface area contributed by atoms with Gasteiger partial charge < -0.3 is 30.9 Å². The molecule has 6 heteroatoms. The van der Waals surface area contributed by atoms with Crippen LogP contribution < -0.4 is 21.3 Å². The standard InChI is InChI=1S/C10H12N2O4/c11-6-1-3-7(4-2-6)12-8(10(15)16)5-9(13)14/h1-4,8,12H,5,11H2,(H,13,14)(H,15,16)/p-2. The van der Waals surface area contributed by atoms with Gasteiger partial charge in [0.2, 0.25) is 0 Å². The maximum Gasteiger partial charge on any atom is 0.0710 e. The number of nitrogen functional groups attached to an aromatic ring is 1. The highest BCUT2D eigenvalue weighted by atomic mass is 16.4. The van der Waals surface area contributed by atoms with Crippen LogP contribution in [-0.4, -0.2) is 18.0 Å². The summed E-state index contributed by atoms with van der Waals surface area (Å²) < 4.78 is 0. The number of hydrogen-bond donors (Lipinski definition) is 2. The van der Waals surface area contributed by atoms with Crippen LogP contribution in [0.4, 0.5) is 11.4 Å². The number of anilines is 2. The molecule has 6 nitrogen and oxygen atoms in total. The third-order valence-corrected chi connectivity index (χ3v) is 1.91. The van der Waals surface area contributed by atoms with Gasteiger partial charge in [-0.05, 0) is 24.3 Å². The van der Waals surface area contributed by atoms with E-state index in [1.165, 1.54) is 0 Å². The first-order valence-corrected chi connectivity index (χ1v) is 4.52. The zero-order valence-electron chi connectivity index (χ0n) is 8.30. The van der Waals surface area contributed by atoms with Gasteiger partial charge in [-0.15, -0.1) is 0 Å². The Morgan fingerprint density at radius 3 is 2.25 bits per heavy atom. The van der Waals surface area contributed by atoms with Crippen LogP contribution in [0.25, 0.3) is 0 Å². The largest absolute Gasteiger partial charge is 0.550 e. The van der Waals surface area contributed by atoms with Crippen LogP contribution >= 0.6 is 0 Å². The van der Waals surface area contributed by atoms with Gasteiger partial charge in [-0.3, -0.25) is 0 Å². The molecule has 0 bridgehead atoms. The van der Waals surface area contributed by atoms with Gasteiger partial charge in [0.25, 0.3) is 0 Å². The zero-order chi connectivity index (χ0) is 12.1. The van der Waals surface area contributed by atoms with E-state index in [-0.39, 0.29) is 0 Å². The lowest BCUT2D eigenvalue weighted by Gasteiger charge is -2.21. The van der Waals surface area contributed by atoms with Crippen LogP contribution in [0.5, 0.6) is 0 Å². The number of carboxylic acids is 2. The van der Waals surface area contributed by atoms with Crippen molar-refractivity contribution >= 4 is 23.3 Å². The number of carbonyl (C=O) groups excluding carboxylic acids is 2. The molecule has 0 saturated heterocycles. The first-order chi connectivity index (χ1) is 7.49. The summed E-state index contributed by atoms with van der Waals surface area (Å²) in [4.78, 5) is 20.9. The summed E-state index contributed by atoms with van der Waals surface area (Å²) in [6.07, 6.45) is -0.660.